The van der Waals surface area contributed by atoms with Gasteiger partial charge in [0.05, 0.1) is 5.41 Å². The van der Waals surface area contributed by atoms with Crippen molar-refractivity contribution >= 4 is 5.91 Å². The fraction of sp³-hybridized carbons (Fsp3) is 0.929. The molecule has 2 N–H and O–H groups in total. The van der Waals surface area contributed by atoms with E-state index in [4.69, 9.17) is 0 Å². The summed E-state index contributed by atoms with van der Waals surface area (Å²) in [7, 11) is 0. The van der Waals surface area contributed by atoms with Gasteiger partial charge in [0.1, 0.15) is 0 Å². The van der Waals surface area contributed by atoms with E-state index in [1.807, 2.05) is 0 Å². The van der Waals surface area contributed by atoms with Crippen LogP contribution in [0.25, 0.3) is 0 Å². The maximum atomic E-state index is 12.3. The van der Waals surface area contributed by atoms with Gasteiger partial charge in [0, 0.05) is 13.1 Å². The normalized spacial score (nSPS) is 26.9. The lowest BCUT2D eigenvalue weighted by atomic mass is 9.77. The zero-order valence-electron chi connectivity index (χ0n) is 11.8. The highest BCUT2D eigenvalue weighted by molar-refractivity contribution is 5.83. The molecule has 3 heteroatoms. The van der Waals surface area contributed by atoms with Crippen molar-refractivity contribution in [3.63, 3.8) is 0 Å². The van der Waals surface area contributed by atoms with Gasteiger partial charge in [-0.1, -0.05) is 27.7 Å². The smallest absolute Gasteiger partial charge is 0.227 e. The Morgan fingerprint density at radius 1 is 1.41 bits per heavy atom. The fourth-order valence-electron chi connectivity index (χ4n) is 2.30. The molecule has 17 heavy (non-hydrogen) atoms. The molecule has 3 nitrogen and oxygen atoms in total. The standard InChI is InChI=1S/C14H28N2O/c1-5-14(7-6-8-15-10-14)13(17)16-9-12(4)11(2)3/h11-12,15H,5-10H2,1-4H3,(H,16,17). The average molecular weight is 240 g/mol. The first-order valence-corrected chi connectivity index (χ1v) is 7.01. The second-order valence-corrected chi connectivity index (χ2v) is 5.85. The van der Waals surface area contributed by atoms with E-state index in [1.165, 1.54) is 0 Å². The van der Waals surface area contributed by atoms with E-state index in [9.17, 15) is 4.79 Å². The Balaban J connectivity index is 2.49. The van der Waals surface area contributed by atoms with Gasteiger partial charge in [-0.25, -0.2) is 0 Å². The van der Waals surface area contributed by atoms with Crippen LogP contribution >= 0.6 is 0 Å². The third kappa shape index (κ3) is 3.70. The van der Waals surface area contributed by atoms with E-state index >= 15 is 0 Å². The van der Waals surface area contributed by atoms with Crippen molar-refractivity contribution in [3.8, 4) is 0 Å². The fourth-order valence-corrected chi connectivity index (χ4v) is 2.30. The molecule has 1 aliphatic heterocycles. The number of hydrogen-bond donors (Lipinski definition) is 2. The van der Waals surface area contributed by atoms with Crippen molar-refractivity contribution in [2.75, 3.05) is 19.6 Å². The molecule has 0 aromatic rings. The molecule has 100 valence electrons. The van der Waals surface area contributed by atoms with Gasteiger partial charge in [0.25, 0.3) is 0 Å². The van der Waals surface area contributed by atoms with Crippen LogP contribution in [-0.4, -0.2) is 25.5 Å². The van der Waals surface area contributed by atoms with Crippen LogP contribution in [0.1, 0.15) is 47.0 Å². The van der Waals surface area contributed by atoms with E-state index in [0.717, 1.165) is 38.9 Å². The second-order valence-electron chi connectivity index (χ2n) is 5.85. The molecule has 0 saturated carbocycles. The summed E-state index contributed by atoms with van der Waals surface area (Å²) in [6, 6.07) is 0. The highest BCUT2D eigenvalue weighted by Crippen LogP contribution is 2.30. The number of amides is 1. The maximum absolute atomic E-state index is 12.3. The summed E-state index contributed by atoms with van der Waals surface area (Å²) in [6.07, 6.45) is 3.07. The lowest BCUT2D eigenvalue weighted by Gasteiger charge is -2.35. The van der Waals surface area contributed by atoms with E-state index in [0.29, 0.717) is 11.8 Å². The third-order valence-corrected chi connectivity index (χ3v) is 4.35. The van der Waals surface area contributed by atoms with Crippen LogP contribution in [0.5, 0.6) is 0 Å². The number of carbonyl (C=O) groups excluding carboxylic acids is 1. The first kappa shape index (κ1) is 14.5. The molecule has 1 aliphatic rings. The molecule has 1 heterocycles. The van der Waals surface area contributed by atoms with Crippen molar-refractivity contribution < 1.29 is 4.79 Å². The van der Waals surface area contributed by atoms with Crippen LogP contribution < -0.4 is 10.6 Å². The molecule has 1 amide bonds. The predicted octanol–water partition coefficient (Wildman–Crippen LogP) is 2.17. The molecule has 2 atom stereocenters. The molecule has 0 spiro atoms. The van der Waals surface area contributed by atoms with Gasteiger partial charge in [-0.05, 0) is 37.6 Å². The first-order valence-electron chi connectivity index (χ1n) is 7.01. The lowest BCUT2D eigenvalue weighted by Crippen LogP contribution is -2.51. The summed E-state index contributed by atoms with van der Waals surface area (Å²) in [6.45, 7) is 11.4. The predicted molar refractivity (Wildman–Crippen MR) is 71.8 cm³/mol. The lowest BCUT2D eigenvalue weighted by molar-refractivity contribution is -0.132. The molecule has 0 aliphatic carbocycles. The molecule has 0 aromatic carbocycles. The Kier molecular flexibility index (Phi) is 5.44. The van der Waals surface area contributed by atoms with Crippen LogP contribution in [0.4, 0.5) is 0 Å². The molecular weight excluding hydrogens is 212 g/mol. The molecule has 1 rings (SSSR count). The van der Waals surface area contributed by atoms with Crippen molar-refractivity contribution in [1.82, 2.24) is 10.6 Å². The zero-order valence-corrected chi connectivity index (χ0v) is 11.8. The molecule has 0 aromatic heterocycles. The van der Waals surface area contributed by atoms with Crippen LogP contribution in [0, 0.1) is 17.3 Å². The minimum absolute atomic E-state index is 0.158. The van der Waals surface area contributed by atoms with Gasteiger partial charge in [0.15, 0.2) is 0 Å². The minimum atomic E-state index is -0.158. The Labute approximate surface area is 106 Å². The molecule has 2 unspecified atom stereocenters. The Bertz CT molecular complexity index is 245. The van der Waals surface area contributed by atoms with Gasteiger partial charge in [-0.2, -0.15) is 0 Å². The topological polar surface area (TPSA) is 41.1 Å². The average Bonchev–Trinajstić information content (AvgIpc) is 2.36. The summed E-state index contributed by atoms with van der Waals surface area (Å²) >= 11 is 0. The minimum Gasteiger partial charge on any atom is -0.355 e. The van der Waals surface area contributed by atoms with E-state index in [1.54, 1.807) is 0 Å². The van der Waals surface area contributed by atoms with Gasteiger partial charge in [0.2, 0.25) is 5.91 Å². The molecule has 0 bridgehead atoms. The van der Waals surface area contributed by atoms with Gasteiger partial charge in [-0.3, -0.25) is 4.79 Å². The molecule has 1 fully saturated rings. The monoisotopic (exact) mass is 240 g/mol. The summed E-state index contributed by atoms with van der Waals surface area (Å²) in [4.78, 5) is 12.3. The molecule has 1 saturated heterocycles. The highest BCUT2D eigenvalue weighted by Gasteiger charge is 2.37. The van der Waals surface area contributed by atoms with E-state index < -0.39 is 0 Å². The zero-order chi connectivity index (χ0) is 12.9. The van der Waals surface area contributed by atoms with Crippen molar-refractivity contribution in [3.05, 3.63) is 0 Å². The number of piperidine rings is 1. The quantitative estimate of drug-likeness (QED) is 0.773. The molecule has 0 radical (unpaired) electrons. The number of rotatable bonds is 5. The van der Waals surface area contributed by atoms with Gasteiger partial charge < -0.3 is 10.6 Å². The Morgan fingerprint density at radius 2 is 2.12 bits per heavy atom. The summed E-state index contributed by atoms with van der Waals surface area (Å²) in [5.41, 5.74) is -0.158. The van der Waals surface area contributed by atoms with Crippen LogP contribution in [0.15, 0.2) is 0 Å². The summed E-state index contributed by atoms with van der Waals surface area (Å²) in [5.74, 6) is 1.42. The van der Waals surface area contributed by atoms with Crippen LogP contribution in [0.2, 0.25) is 0 Å². The Morgan fingerprint density at radius 3 is 2.59 bits per heavy atom. The van der Waals surface area contributed by atoms with E-state index in [2.05, 4.69) is 38.3 Å². The number of nitrogens with one attached hydrogen (secondary N) is 2. The second kappa shape index (κ2) is 6.39. The highest BCUT2D eigenvalue weighted by atomic mass is 16.2. The number of hydrogen-bond acceptors (Lipinski definition) is 2. The number of carbonyl (C=O) groups is 1. The largest absolute Gasteiger partial charge is 0.355 e. The summed E-state index contributed by atoms with van der Waals surface area (Å²) in [5, 5.41) is 6.50. The maximum Gasteiger partial charge on any atom is 0.227 e. The SMILES string of the molecule is CCC1(C(=O)NCC(C)C(C)C)CCCNC1. The van der Waals surface area contributed by atoms with Crippen LogP contribution in [0.3, 0.4) is 0 Å². The van der Waals surface area contributed by atoms with Crippen LogP contribution in [-0.2, 0) is 4.79 Å². The van der Waals surface area contributed by atoms with Gasteiger partial charge in [-0.15, -0.1) is 0 Å². The van der Waals surface area contributed by atoms with Crippen molar-refractivity contribution in [2.45, 2.75) is 47.0 Å². The third-order valence-electron chi connectivity index (χ3n) is 4.35. The van der Waals surface area contributed by atoms with Crippen molar-refractivity contribution in [1.29, 1.82) is 0 Å². The Hall–Kier alpha value is -0.570. The van der Waals surface area contributed by atoms with Gasteiger partial charge >= 0.3 is 0 Å². The van der Waals surface area contributed by atoms with E-state index in [-0.39, 0.29) is 11.3 Å². The summed E-state index contributed by atoms with van der Waals surface area (Å²) < 4.78 is 0. The molecular formula is C14H28N2O. The van der Waals surface area contributed by atoms with Crippen molar-refractivity contribution in [2.24, 2.45) is 17.3 Å². The first-order chi connectivity index (χ1) is 8.02.